The van der Waals surface area contributed by atoms with Gasteiger partial charge in [0.05, 0.1) is 16.9 Å². The van der Waals surface area contributed by atoms with E-state index in [1.807, 2.05) is 0 Å². The molecule has 0 saturated carbocycles. The molecule has 0 aromatic carbocycles. The molecule has 18 heavy (non-hydrogen) atoms. The van der Waals surface area contributed by atoms with Crippen LogP contribution in [-0.4, -0.2) is 26.6 Å². The first kappa shape index (κ1) is 15.2. The van der Waals surface area contributed by atoms with Crippen LogP contribution in [-0.2, 0) is 12.8 Å². The largest absolute Gasteiger partial charge is 0.346 e. The SMILES string of the molecule is CCc1nnc(NC(CC)(CC)CCl)nc1CC. The highest BCUT2D eigenvalue weighted by Gasteiger charge is 2.26. The number of aromatic nitrogens is 3. The lowest BCUT2D eigenvalue weighted by Crippen LogP contribution is -2.39. The van der Waals surface area contributed by atoms with Crippen molar-refractivity contribution in [1.82, 2.24) is 15.2 Å². The Labute approximate surface area is 115 Å². The second-order valence-corrected chi connectivity index (χ2v) is 4.75. The standard InChI is InChI=1S/C13H23ClN4/c1-5-10-11(6-2)17-18-12(15-10)16-13(7-3,8-4)9-14/h5-9H2,1-4H3,(H,15,16,18). The number of nitrogens with one attached hydrogen (secondary N) is 1. The van der Waals surface area contributed by atoms with Crippen LogP contribution in [0.25, 0.3) is 0 Å². The Balaban J connectivity index is 2.97. The molecule has 0 aliphatic carbocycles. The Kier molecular flexibility index (Phi) is 5.79. The predicted octanol–water partition coefficient (Wildman–Crippen LogP) is 3.21. The molecule has 0 saturated heterocycles. The molecule has 0 amide bonds. The molecule has 1 aromatic rings. The van der Waals surface area contributed by atoms with E-state index in [2.05, 4.69) is 48.2 Å². The summed E-state index contributed by atoms with van der Waals surface area (Å²) >= 11 is 6.07. The van der Waals surface area contributed by atoms with E-state index in [1.165, 1.54) is 0 Å². The highest BCUT2D eigenvalue weighted by molar-refractivity contribution is 6.18. The van der Waals surface area contributed by atoms with E-state index in [4.69, 9.17) is 11.6 Å². The number of hydrogen-bond donors (Lipinski definition) is 1. The Hall–Kier alpha value is -0.900. The summed E-state index contributed by atoms with van der Waals surface area (Å²) in [7, 11) is 0. The first-order valence-electron chi connectivity index (χ1n) is 6.71. The van der Waals surface area contributed by atoms with Crippen LogP contribution in [0.2, 0.25) is 0 Å². The van der Waals surface area contributed by atoms with Gasteiger partial charge in [0.15, 0.2) is 0 Å². The van der Waals surface area contributed by atoms with Crippen LogP contribution in [0.4, 0.5) is 5.95 Å². The molecule has 0 fully saturated rings. The summed E-state index contributed by atoms with van der Waals surface area (Å²) in [5.74, 6) is 1.13. The zero-order valence-electron chi connectivity index (χ0n) is 11.8. The molecule has 1 heterocycles. The van der Waals surface area contributed by atoms with E-state index in [-0.39, 0.29) is 5.54 Å². The molecule has 1 N–H and O–H groups in total. The average Bonchev–Trinajstić information content (AvgIpc) is 2.44. The fourth-order valence-electron chi connectivity index (χ4n) is 1.88. The van der Waals surface area contributed by atoms with E-state index < -0.39 is 0 Å². The normalized spacial score (nSPS) is 11.6. The summed E-state index contributed by atoms with van der Waals surface area (Å²) in [6, 6.07) is 0. The molecule has 0 atom stereocenters. The molecule has 0 aliphatic rings. The van der Waals surface area contributed by atoms with E-state index in [0.29, 0.717) is 11.8 Å². The van der Waals surface area contributed by atoms with Gasteiger partial charge in [-0.05, 0) is 25.7 Å². The number of anilines is 1. The number of aryl methyl sites for hydroxylation is 2. The minimum absolute atomic E-state index is 0.137. The maximum Gasteiger partial charge on any atom is 0.243 e. The van der Waals surface area contributed by atoms with Crippen molar-refractivity contribution < 1.29 is 0 Å². The summed E-state index contributed by atoms with van der Waals surface area (Å²) in [6.07, 6.45) is 3.62. The Morgan fingerprint density at radius 3 is 2.06 bits per heavy atom. The minimum atomic E-state index is -0.137. The van der Waals surface area contributed by atoms with Gasteiger partial charge in [0.2, 0.25) is 5.95 Å². The third-order valence-corrected chi connectivity index (χ3v) is 4.01. The lowest BCUT2D eigenvalue weighted by molar-refractivity contribution is 0.478. The zero-order valence-corrected chi connectivity index (χ0v) is 12.5. The van der Waals surface area contributed by atoms with Gasteiger partial charge < -0.3 is 5.32 Å². The van der Waals surface area contributed by atoms with Crippen molar-refractivity contribution in [2.24, 2.45) is 0 Å². The number of nitrogens with zero attached hydrogens (tertiary/aromatic N) is 3. The van der Waals surface area contributed by atoms with Crippen molar-refractivity contribution in [2.45, 2.75) is 58.9 Å². The molecule has 102 valence electrons. The van der Waals surface area contributed by atoms with Gasteiger partial charge in [-0.15, -0.1) is 16.7 Å². The van der Waals surface area contributed by atoms with Gasteiger partial charge in [0.25, 0.3) is 0 Å². The molecular weight excluding hydrogens is 248 g/mol. The van der Waals surface area contributed by atoms with Gasteiger partial charge in [-0.3, -0.25) is 0 Å². The van der Waals surface area contributed by atoms with Crippen LogP contribution in [0.15, 0.2) is 0 Å². The first-order valence-corrected chi connectivity index (χ1v) is 7.24. The molecule has 1 rings (SSSR count). The van der Waals surface area contributed by atoms with Gasteiger partial charge in [-0.25, -0.2) is 4.98 Å². The highest BCUT2D eigenvalue weighted by atomic mass is 35.5. The monoisotopic (exact) mass is 270 g/mol. The van der Waals surface area contributed by atoms with Gasteiger partial charge in [-0.2, -0.15) is 5.10 Å². The van der Waals surface area contributed by atoms with Gasteiger partial charge in [0.1, 0.15) is 0 Å². The van der Waals surface area contributed by atoms with E-state index in [1.54, 1.807) is 0 Å². The lowest BCUT2D eigenvalue weighted by Gasteiger charge is -2.30. The Morgan fingerprint density at radius 2 is 1.61 bits per heavy atom. The second-order valence-electron chi connectivity index (χ2n) is 4.48. The van der Waals surface area contributed by atoms with Crippen LogP contribution < -0.4 is 5.32 Å². The van der Waals surface area contributed by atoms with Crippen LogP contribution in [0.1, 0.15) is 51.9 Å². The topological polar surface area (TPSA) is 50.7 Å². The van der Waals surface area contributed by atoms with E-state index >= 15 is 0 Å². The Morgan fingerprint density at radius 1 is 1.00 bits per heavy atom. The fourth-order valence-corrected chi connectivity index (χ4v) is 2.32. The molecule has 1 aromatic heterocycles. The first-order chi connectivity index (χ1) is 8.64. The van der Waals surface area contributed by atoms with Crippen molar-refractivity contribution in [3.63, 3.8) is 0 Å². The van der Waals surface area contributed by atoms with Crippen LogP contribution in [0.3, 0.4) is 0 Å². The molecule has 4 nitrogen and oxygen atoms in total. The molecule has 0 bridgehead atoms. The molecule has 0 radical (unpaired) electrons. The van der Waals surface area contributed by atoms with Crippen LogP contribution >= 0.6 is 11.6 Å². The third kappa shape index (κ3) is 3.31. The summed E-state index contributed by atoms with van der Waals surface area (Å²) in [4.78, 5) is 4.55. The van der Waals surface area contributed by atoms with Crippen molar-refractivity contribution in [3.8, 4) is 0 Å². The third-order valence-electron chi connectivity index (χ3n) is 3.50. The summed E-state index contributed by atoms with van der Waals surface area (Å²) in [6.45, 7) is 8.39. The summed E-state index contributed by atoms with van der Waals surface area (Å²) < 4.78 is 0. The Bertz CT molecular complexity index is 369. The second kappa shape index (κ2) is 6.88. The number of alkyl halides is 1. The quantitative estimate of drug-likeness (QED) is 0.773. The smallest absolute Gasteiger partial charge is 0.243 e. The minimum Gasteiger partial charge on any atom is -0.346 e. The van der Waals surface area contributed by atoms with Crippen molar-refractivity contribution in [3.05, 3.63) is 11.4 Å². The maximum absolute atomic E-state index is 6.07. The molecular formula is C13H23ClN4. The predicted molar refractivity (Wildman–Crippen MR) is 76.2 cm³/mol. The van der Waals surface area contributed by atoms with Crippen molar-refractivity contribution >= 4 is 17.5 Å². The maximum atomic E-state index is 6.07. The number of hydrogen-bond acceptors (Lipinski definition) is 4. The summed E-state index contributed by atoms with van der Waals surface area (Å²) in [5, 5.41) is 11.7. The number of rotatable bonds is 7. The van der Waals surface area contributed by atoms with Gasteiger partial charge in [0, 0.05) is 5.88 Å². The summed E-state index contributed by atoms with van der Waals surface area (Å²) in [5.41, 5.74) is 1.86. The fraction of sp³-hybridized carbons (Fsp3) is 0.769. The van der Waals surface area contributed by atoms with Gasteiger partial charge >= 0.3 is 0 Å². The molecule has 5 heteroatoms. The molecule has 0 spiro atoms. The van der Waals surface area contributed by atoms with Crippen LogP contribution in [0, 0.1) is 0 Å². The highest BCUT2D eigenvalue weighted by Crippen LogP contribution is 2.22. The molecule has 0 aliphatic heterocycles. The lowest BCUT2D eigenvalue weighted by atomic mass is 9.95. The molecule has 0 unspecified atom stereocenters. The van der Waals surface area contributed by atoms with Crippen molar-refractivity contribution in [2.75, 3.05) is 11.2 Å². The number of halogens is 1. The van der Waals surface area contributed by atoms with Crippen molar-refractivity contribution in [1.29, 1.82) is 0 Å². The van der Waals surface area contributed by atoms with E-state index in [0.717, 1.165) is 37.1 Å². The van der Waals surface area contributed by atoms with Crippen LogP contribution in [0.5, 0.6) is 0 Å². The van der Waals surface area contributed by atoms with Gasteiger partial charge in [-0.1, -0.05) is 27.7 Å². The zero-order chi connectivity index (χ0) is 13.6. The average molecular weight is 271 g/mol. The van der Waals surface area contributed by atoms with E-state index in [9.17, 15) is 0 Å².